The van der Waals surface area contributed by atoms with E-state index < -0.39 is 0 Å². The maximum Gasteiger partial charge on any atom is 0.251 e. The van der Waals surface area contributed by atoms with E-state index in [0.717, 1.165) is 63.4 Å². The molecule has 13 nitrogen and oxygen atoms in total. The summed E-state index contributed by atoms with van der Waals surface area (Å²) < 4.78 is 0. The van der Waals surface area contributed by atoms with Crippen molar-refractivity contribution >= 4 is 72.6 Å². The largest absolute Gasteiger partial charge is 0.351 e. The average molecular weight is 824 g/mol. The number of likely N-dealkylation sites (N-methyl/N-ethyl adjacent to an activating group) is 1. The third-order valence-corrected chi connectivity index (χ3v) is 10.5. The number of anilines is 1. The van der Waals surface area contributed by atoms with Gasteiger partial charge in [0.05, 0.1) is 0 Å². The lowest BCUT2D eigenvalue weighted by molar-refractivity contribution is -0.114. The summed E-state index contributed by atoms with van der Waals surface area (Å²) >= 11 is 0. The van der Waals surface area contributed by atoms with Crippen molar-refractivity contribution in [3.8, 4) is 45.6 Å². The molecule has 4 N–H and O–H groups in total. The van der Waals surface area contributed by atoms with Gasteiger partial charge in [-0.1, -0.05) is 111 Å². The zero-order valence-electron chi connectivity index (χ0n) is 33.3. The number of carbonyl (C=O) groups is 2. The van der Waals surface area contributed by atoms with E-state index in [9.17, 15) is 9.59 Å². The highest BCUT2D eigenvalue weighted by molar-refractivity contribution is 6.06. The Kier molecular flexibility index (Phi) is 11.5. The Balaban J connectivity index is 0.000000210. The number of amides is 2. The molecule has 0 saturated heterocycles. The smallest absolute Gasteiger partial charge is 0.251 e. The first kappa shape index (κ1) is 40.4. The fraction of sp³-hybridized carbons (Fsp3) is 0.149. The number of hydrogen-bond donors (Lipinski definition) is 4. The number of benzene rings is 5. The van der Waals surface area contributed by atoms with Crippen molar-refractivity contribution in [2.24, 2.45) is 0 Å². The molecule has 61 heavy (non-hydrogen) atoms. The zero-order chi connectivity index (χ0) is 41.2. The van der Waals surface area contributed by atoms with Crippen molar-refractivity contribution in [2.45, 2.75) is 20.8 Å². The molecule has 2 aliphatic heterocycles. The Hall–Kier alpha value is -7.42. The Bertz CT molecular complexity index is 2780. The molecule has 8 aromatic rings. The van der Waals surface area contributed by atoms with Gasteiger partial charge in [-0.3, -0.25) is 9.59 Å². The Morgan fingerprint density at radius 1 is 0.525 bits per heavy atom. The zero-order valence-corrected chi connectivity index (χ0v) is 33.3. The molecule has 0 radical (unpaired) electrons. The average Bonchev–Trinajstić information content (AvgIpc) is 4.01. The quantitative estimate of drug-likeness (QED) is 0.122. The molecule has 0 atom stereocenters. The lowest BCUT2D eigenvalue weighted by Gasteiger charge is -2.17. The fourth-order valence-electron chi connectivity index (χ4n) is 7.47. The molecular weight excluding hydrogens is 779 g/mol. The molecule has 8 bridgehead atoms. The molecule has 3 aromatic heterocycles. The van der Waals surface area contributed by atoms with Gasteiger partial charge in [-0.05, 0) is 48.3 Å². The van der Waals surface area contributed by atoms with Crippen molar-refractivity contribution in [3.05, 3.63) is 127 Å². The highest BCUT2D eigenvalue weighted by atomic mass is 28.1. The first-order chi connectivity index (χ1) is 29.4. The van der Waals surface area contributed by atoms with Crippen LogP contribution in [0, 0.1) is 0 Å². The second-order valence-corrected chi connectivity index (χ2v) is 14.3. The summed E-state index contributed by atoms with van der Waals surface area (Å²) in [5, 5.41) is 9.38. The van der Waals surface area contributed by atoms with Crippen LogP contribution >= 0.6 is 0 Å². The normalized spacial score (nSPS) is 11.3. The molecular formula is C47H45N11O2Si. The van der Waals surface area contributed by atoms with E-state index in [1.54, 1.807) is 24.3 Å². The van der Waals surface area contributed by atoms with Crippen molar-refractivity contribution in [1.29, 1.82) is 0 Å². The molecule has 0 fully saturated rings. The SMILES string of the molecule is CCN(CC)CCNC(=O)c1ccc(NC(C)=O)cc1.[SiH4].c1ccc2c(c1)-c1nc-2nc2[nH]c(nc3nc(nc4[nH]c(n1)c1ccccc41)-c1ccccc1-3)c1ccccc21. The van der Waals surface area contributed by atoms with E-state index >= 15 is 0 Å². The standard InChI is InChI=1S/C32H18N8.C15H23N3O2.H4Si/c1-2-10-18-17(9-1)25-33-26(18)38-28-21-13-5-6-14-22(21)30(35-28)40-32-24-16-8-7-15-23(24)31(36-32)39-29-20-12-4-3-11-19(20)27(34-29)37-25;1-4-18(5-2)11-10-16-15(20)13-6-8-14(9-7-13)17-12(3)19;/h1-16H,(H2,33,34,35,36,37,38,39,40);6-9H,4-5,10-11H2,1-3H3,(H,16,20)(H,17,19);1H4. The van der Waals surface area contributed by atoms with Gasteiger partial charge in [0.2, 0.25) is 5.91 Å². The summed E-state index contributed by atoms with van der Waals surface area (Å²) in [6.45, 7) is 9.11. The molecule has 0 spiro atoms. The van der Waals surface area contributed by atoms with Crippen LogP contribution in [0.1, 0.15) is 31.1 Å². The highest BCUT2D eigenvalue weighted by Gasteiger charge is 2.21. The molecule has 2 amide bonds. The molecule has 2 aliphatic rings. The number of fused-ring (bicyclic) bond motifs is 20. The van der Waals surface area contributed by atoms with Crippen LogP contribution in [0.5, 0.6) is 0 Å². The summed E-state index contributed by atoms with van der Waals surface area (Å²) in [4.78, 5) is 61.8. The van der Waals surface area contributed by atoms with Gasteiger partial charge in [0, 0.05) is 75.1 Å². The van der Waals surface area contributed by atoms with Crippen LogP contribution in [-0.2, 0) is 4.79 Å². The van der Waals surface area contributed by atoms with Gasteiger partial charge in [0.15, 0.2) is 23.3 Å². The van der Waals surface area contributed by atoms with Crippen molar-refractivity contribution in [3.63, 3.8) is 0 Å². The maximum absolute atomic E-state index is 11.9. The van der Waals surface area contributed by atoms with Crippen LogP contribution in [0.4, 0.5) is 5.69 Å². The molecule has 5 heterocycles. The second kappa shape index (κ2) is 17.4. The second-order valence-electron chi connectivity index (χ2n) is 14.3. The summed E-state index contributed by atoms with van der Waals surface area (Å²) in [6.07, 6.45) is 0. The summed E-state index contributed by atoms with van der Waals surface area (Å²) in [5.41, 5.74) is 7.74. The molecule has 14 heteroatoms. The van der Waals surface area contributed by atoms with Crippen LogP contribution in [0.2, 0.25) is 0 Å². The molecule has 0 saturated carbocycles. The van der Waals surface area contributed by atoms with Crippen LogP contribution < -0.4 is 10.6 Å². The predicted octanol–water partition coefficient (Wildman–Crippen LogP) is 7.13. The molecule has 5 aromatic carbocycles. The lowest BCUT2D eigenvalue weighted by atomic mass is 10.1. The van der Waals surface area contributed by atoms with Crippen LogP contribution in [-0.4, -0.2) is 93.7 Å². The van der Waals surface area contributed by atoms with Gasteiger partial charge >= 0.3 is 0 Å². The molecule has 0 aliphatic carbocycles. The van der Waals surface area contributed by atoms with Gasteiger partial charge in [0.1, 0.15) is 22.6 Å². The van der Waals surface area contributed by atoms with E-state index in [-0.39, 0.29) is 22.8 Å². The highest BCUT2D eigenvalue weighted by Crippen LogP contribution is 2.36. The number of H-pyrrole nitrogens is 2. The number of aromatic nitrogens is 8. The topological polar surface area (TPSA) is 170 Å². The van der Waals surface area contributed by atoms with Gasteiger partial charge in [-0.15, -0.1) is 0 Å². The van der Waals surface area contributed by atoms with E-state index in [1.807, 2.05) is 97.1 Å². The van der Waals surface area contributed by atoms with Crippen molar-refractivity contribution in [1.82, 2.24) is 50.1 Å². The number of nitrogens with one attached hydrogen (secondary N) is 4. The Labute approximate surface area is 355 Å². The first-order valence-electron chi connectivity index (χ1n) is 19.9. The predicted molar refractivity (Wildman–Crippen MR) is 248 cm³/mol. The van der Waals surface area contributed by atoms with Gasteiger partial charge in [0.25, 0.3) is 5.91 Å². The van der Waals surface area contributed by atoms with Crippen molar-refractivity contribution < 1.29 is 9.59 Å². The third kappa shape index (κ3) is 8.14. The Morgan fingerprint density at radius 2 is 0.885 bits per heavy atom. The molecule has 10 rings (SSSR count). The monoisotopic (exact) mass is 823 g/mol. The number of rotatable bonds is 7. The molecule has 0 unspecified atom stereocenters. The summed E-state index contributed by atoms with van der Waals surface area (Å²) in [6, 6.07) is 39.1. The number of aromatic amines is 2. The number of nitrogens with zero attached hydrogens (tertiary/aromatic N) is 7. The van der Waals surface area contributed by atoms with Crippen molar-refractivity contribution in [2.75, 3.05) is 31.5 Å². The Morgan fingerprint density at radius 3 is 1.23 bits per heavy atom. The van der Waals surface area contributed by atoms with Crippen LogP contribution in [0.15, 0.2) is 121 Å². The minimum Gasteiger partial charge on any atom is -0.351 e. The lowest BCUT2D eigenvalue weighted by Crippen LogP contribution is -2.34. The van der Waals surface area contributed by atoms with Gasteiger partial charge in [-0.25, -0.2) is 29.9 Å². The fourth-order valence-corrected chi connectivity index (χ4v) is 7.47. The minimum absolute atomic E-state index is 0. The third-order valence-electron chi connectivity index (χ3n) is 10.5. The van der Waals surface area contributed by atoms with E-state index in [0.29, 0.717) is 63.7 Å². The summed E-state index contributed by atoms with van der Waals surface area (Å²) in [7, 11) is 0. The number of carbonyl (C=O) groups excluding carboxylic acids is 2. The van der Waals surface area contributed by atoms with Crippen LogP contribution in [0.3, 0.4) is 0 Å². The van der Waals surface area contributed by atoms with E-state index in [1.165, 1.54) is 6.92 Å². The van der Waals surface area contributed by atoms with E-state index in [4.69, 9.17) is 29.9 Å². The molecule has 304 valence electrons. The first-order valence-corrected chi connectivity index (χ1v) is 19.9. The van der Waals surface area contributed by atoms with E-state index in [2.05, 4.69) is 39.3 Å². The van der Waals surface area contributed by atoms with Gasteiger partial charge < -0.3 is 25.5 Å². The minimum atomic E-state index is -0.124. The van der Waals surface area contributed by atoms with Crippen LogP contribution in [0.25, 0.3) is 89.7 Å². The number of hydrogen-bond acceptors (Lipinski definition) is 9. The summed E-state index contributed by atoms with van der Waals surface area (Å²) in [5.74, 6) is 2.17. The van der Waals surface area contributed by atoms with Gasteiger partial charge in [-0.2, -0.15) is 0 Å². The maximum atomic E-state index is 11.9.